The Morgan fingerprint density at radius 1 is 1.06 bits per heavy atom. The summed E-state index contributed by atoms with van der Waals surface area (Å²) in [7, 11) is 0. The second-order valence-corrected chi connectivity index (χ2v) is 10.5. The molecule has 2 aliphatic carbocycles. The number of carbonyl (C=O) groups excluding carboxylic acids is 2. The first kappa shape index (κ1) is 23.1. The van der Waals surface area contributed by atoms with Crippen LogP contribution >= 0.6 is 0 Å². The van der Waals surface area contributed by atoms with E-state index in [4.69, 9.17) is 4.74 Å². The van der Waals surface area contributed by atoms with Gasteiger partial charge in [-0.05, 0) is 74.2 Å². The van der Waals surface area contributed by atoms with Gasteiger partial charge in [0.1, 0.15) is 0 Å². The second kappa shape index (κ2) is 9.53. The molecule has 34 heavy (non-hydrogen) atoms. The first-order valence-electron chi connectivity index (χ1n) is 12.8. The first-order chi connectivity index (χ1) is 16.5. The first-order valence-corrected chi connectivity index (χ1v) is 12.8. The van der Waals surface area contributed by atoms with Gasteiger partial charge in [-0.2, -0.15) is 0 Å². The summed E-state index contributed by atoms with van der Waals surface area (Å²) in [4.78, 5) is 29.0. The molecule has 1 spiro atoms. The molecule has 2 unspecified atom stereocenters. The highest BCUT2D eigenvalue weighted by Gasteiger charge is 2.57. The van der Waals surface area contributed by atoms with Gasteiger partial charge in [-0.1, -0.05) is 42.5 Å². The molecule has 3 fully saturated rings. The number of esters is 1. The topological polar surface area (TPSA) is 49.9 Å². The minimum atomic E-state index is -0.251. The van der Waals surface area contributed by atoms with E-state index in [1.54, 1.807) is 6.92 Å². The maximum atomic E-state index is 12.5. The lowest BCUT2D eigenvalue weighted by Gasteiger charge is -2.61. The Kier molecular flexibility index (Phi) is 6.48. The van der Waals surface area contributed by atoms with Crippen LogP contribution in [0.25, 0.3) is 0 Å². The van der Waals surface area contributed by atoms with Gasteiger partial charge in [-0.15, -0.1) is 0 Å². The van der Waals surface area contributed by atoms with Gasteiger partial charge in [0.2, 0.25) is 5.91 Å². The summed E-state index contributed by atoms with van der Waals surface area (Å²) in [5.41, 5.74) is 3.70. The summed E-state index contributed by atoms with van der Waals surface area (Å²) in [6.45, 7) is 7.43. The van der Waals surface area contributed by atoms with Crippen molar-refractivity contribution in [3.63, 3.8) is 0 Å². The fourth-order valence-electron chi connectivity index (χ4n) is 6.29. The van der Waals surface area contributed by atoms with Crippen LogP contribution in [0.5, 0.6) is 0 Å². The summed E-state index contributed by atoms with van der Waals surface area (Å²) in [5.74, 6) is 0.513. The van der Waals surface area contributed by atoms with E-state index in [2.05, 4.69) is 40.1 Å². The molecule has 0 bridgehead atoms. The Bertz CT molecular complexity index is 1010. The minimum absolute atomic E-state index is 0.244. The normalized spacial score (nSPS) is 23.1. The number of nitrogens with zero attached hydrogens (tertiary/aromatic N) is 2. The van der Waals surface area contributed by atoms with Crippen molar-refractivity contribution in [3.8, 4) is 0 Å². The van der Waals surface area contributed by atoms with Gasteiger partial charge in [-0.3, -0.25) is 4.79 Å². The average Bonchev–Trinajstić information content (AvgIpc) is 3.57. The van der Waals surface area contributed by atoms with Gasteiger partial charge in [0.05, 0.1) is 12.2 Å². The van der Waals surface area contributed by atoms with Crippen molar-refractivity contribution in [3.05, 3.63) is 71.3 Å². The molecule has 3 aliphatic rings. The van der Waals surface area contributed by atoms with E-state index < -0.39 is 0 Å². The lowest BCUT2D eigenvalue weighted by Crippen LogP contribution is -2.67. The maximum Gasteiger partial charge on any atom is 0.338 e. The fourth-order valence-corrected chi connectivity index (χ4v) is 6.29. The van der Waals surface area contributed by atoms with Crippen molar-refractivity contribution in [2.45, 2.75) is 64.0 Å². The fraction of sp³-hybridized carbons (Fsp3) is 0.517. The zero-order valence-electron chi connectivity index (χ0n) is 20.4. The highest BCUT2D eigenvalue weighted by atomic mass is 16.5. The van der Waals surface area contributed by atoms with Gasteiger partial charge in [0, 0.05) is 38.0 Å². The van der Waals surface area contributed by atoms with Crippen LogP contribution in [0.2, 0.25) is 0 Å². The van der Waals surface area contributed by atoms with Crippen LogP contribution in [-0.4, -0.2) is 60.0 Å². The predicted octanol–water partition coefficient (Wildman–Crippen LogP) is 4.66. The van der Waals surface area contributed by atoms with Crippen molar-refractivity contribution < 1.29 is 14.3 Å². The van der Waals surface area contributed by atoms with Crippen LogP contribution in [-0.2, 0) is 16.0 Å². The predicted molar refractivity (Wildman–Crippen MR) is 133 cm³/mol. The molecular weight excluding hydrogens is 424 g/mol. The Morgan fingerprint density at radius 2 is 1.76 bits per heavy atom. The molecule has 0 aromatic heterocycles. The molecule has 2 aromatic rings. The Labute approximate surface area is 203 Å². The zero-order valence-corrected chi connectivity index (χ0v) is 20.4. The number of rotatable bonds is 9. The van der Waals surface area contributed by atoms with Crippen molar-refractivity contribution in [1.82, 2.24) is 9.80 Å². The number of hydrogen-bond donors (Lipinski definition) is 0. The second-order valence-electron chi connectivity index (χ2n) is 10.5. The molecule has 1 aliphatic heterocycles. The Morgan fingerprint density at radius 3 is 2.41 bits per heavy atom. The van der Waals surface area contributed by atoms with E-state index in [1.807, 2.05) is 31.2 Å². The largest absolute Gasteiger partial charge is 0.462 e. The quantitative estimate of drug-likeness (QED) is 0.511. The van der Waals surface area contributed by atoms with Gasteiger partial charge in [0.15, 0.2) is 0 Å². The Balaban J connectivity index is 1.03. The molecular formula is C29H36N2O3. The highest BCUT2D eigenvalue weighted by molar-refractivity contribution is 5.89. The van der Waals surface area contributed by atoms with Gasteiger partial charge in [0.25, 0.3) is 0 Å². The SMILES string of the molecule is CCOC(=O)c1ccc(CCCN2CC3(CC(N(C(C)=O)C4CC4c4ccccc4)C3)C2)cc1. The Hall–Kier alpha value is -2.66. The molecule has 0 radical (unpaired) electrons. The summed E-state index contributed by atoms with van der Waals surface area (Å²) in [5, 5.41) is 0. The summed E-state index contributed by atoms with van der Waals surface area (Å²) < 4.78 is 5.05. The minimum Gasteiger partial charge on any atom is -0.462 e. The number of amides is 1. The molecule has 5 nitrogen and oxygen atoms in total. The number of likely N-dealkylation sites (tertiary alicyclic amines) is 1. The number of carbonyl (C=O) groups is 2. The van der Waals surface area contributed by atoms with Crippen LogP contribution < -0.4 is 0 Å². The number of ether oxygens (including phenoxy) is 1. The van der Waals surface area contributed by atoms with Crippen molar-refractivity contribution in [1.29, 1.82) is 0 Å². The van der Waals surface area contributed by atoms with Crippen LogP contribution in [0.15, 0.2) is 54.6 Å². The van der Waals surface area contributed by atoms with Crippen molar-refractivity contribution in [2.75, 3.05) is 26.2 Å². The van der Waals surface area contributed by atoms with Crippen LogP contribution in [0, 0.1) is 5.41 Å². The van der Waals surface area contributed by atoms with Crippen molar-refractivity contribution in [2.24, 2.45) is 5.41 Å². The highest BCUT2D eigenvalue weighted by Crippen LogP contribution is 2.54. The van der Waals surface area contributed by atoms with Crippen LogP contribution in [0.4, 0.5) is 0 Å². The number of aryl methyl sites for hydroxylation is 1. The van der Waals surface area contributed by atoms with Crippen LogP contribution in [0.1, 0.15) is 66.9 Å². The van der Waals surface area contributed by atoms with E-state index in [9.17, 15) is 9.59 Å². The van der Waals surface area contributed by atoms with E-state index >= 15 is 0 Å². The lowest BCUT2D eigenvalue weighted by atomic mass is 9.60. The third-order valence-corrected chi connectivity index (χ3v) is 7.96. The number of benzene rings is 2. The maximum absolute atomic E-state index is 12.5. The smallest absolute Gasteiger partial charge is 0.338 e. The van der Waals surface area contributed by atoms with E-state index in [-0.39, 0.29) is 11.9 Å². The average molecular weight is 461 g/mol. The molecule has 1 amide bonds. The summed E-state index contributed by atoms with van der Waals surface area (Å²) >= 11 is 0. The molecule has 1 saturated heterocycles. The lowest BCUT2D eigenvalue weighted by molar-refractivity contribution is -0.147. The van der Waals surface area contributed by atoms with Gasteiger partial charge >= 0.3 is 5.97 Å². The standard InChI is InChI=1S/C29H36N2O3/c1-3-34-28(33)24-13-11-22(12-14-24)8-7-15-30-19-29(20-30)17-25(18-29)31(21(2)32)27-16-26(27)23-9-5-4-6-10-23/h4-6,9-14,25-27H,3,7-8,15-20H2,1-2H3. The molecule has 1 heterocycles. The zero-order chi connectivity index (χ0) is 23.7. The van der Waals surface area contributed by atoms with E-state index in [1.165, 1.54) is 24.2 Å². The van der Waals surface area contributed by atoms with E-state index in [0.717, 1.165) is 38.6 Å². The molecule has 2 saturated carbocycles. The molecule has 0 N–H and O–H groups in total. The molecule has 5 rings (SSSR count). The number of hydrogen-bond acceptors (Lipinski definition) is 4. The molecule has 2 aromatic carbocycles. The molecule has 2 atom stereocenters. The van der Waals surface area contributed by atoms with Gasteiger partial charge in [-0.25, -0.2) is 4.79 Å². The third kappa shape index (κ3) is 4.76. The molecule has 5 heteroatoms. The third-order valence-electron chi connectivity index (χ3n) is 7.96. The van der Waals surface area contributed by atoms with Gasteiger partial charge < -0.3 is 14.5 Å². The molecule has 180 valence electrons. The monoisotopic (exact) mass is 460 g/mol. The van der Waals surface area contributed by atoms with E-state index in [0.29, 0.717) is 35.6 Å². The van der Waals surface area contributed by atoms with Crippen LogP contribution in [0.3, 0.4) is 0 Å². The summed E-state index contributed by atoms with van der Waals surface area (Å²) in [6.07, 6.45) is 5.58. The van der Waals surface area contributed by atoms with Crippen molar-refractivity contribution >= 4 is 11.9 Å². The summed E-state index contributed by atoms with van der Waals surface area (Å²) in [6, 6.07) is 19.3.